The summed E-state index contributed by atoms with van der Waals surface area (Å²) in [5.74, 6) is 1.65. The number of hydrogen-bond donors (Lipinski definition) is 1. The van der Waals surface area contributed by atoms with Gasteiger partial charge in [0.05, 0.1) is 24.8 Å². The molecule has 2 saturated heterocycles. The van der Waals surface area contributed by atoms with E-state index in [2.05, 4.69) is 37.2 Å². The number of anilines is 2. The Morgan fingerprint density at radius 2 is 2.11 bits per heavy atom. The van der Waals surface area contributed by atoms with E-state index < -0.39 is 0 Å². The normalized spacial score (nSPS) is 20.4. The fourth-order valence-corrected chi connectivity index (χ4v) is 3.65. The highest BCUT2D eigenvalue weighted by Gasteiger charge is 2.23. The number of benzene rings is 1. The summed E-state index contributed by atoms with van der Waals surface area (Å²) in [6.45, 7) is 6.00. The van der Waals surface area contributed by atoms with Gasteiger partial charge in [-0.15, -0.1) is 0 Å². The van der Waals surface area contributed by atoms with Crippen LogP contribution in [0.3, 0.4) is 0 Å². The van der Waals surface area contributed by atoms with Crippen LogP contribution in [0.4, 0.5) is 11.8 Å². The quantitative estimate of drug-likeness (QED) is 0.868. The highest BCUT2D eigenvalue weighted by Crippen LogP contribution is 2.19. The van der Waals surface area contributed by atoms with Crippen LogP contribution in [0.15, 0.2) is 36.5 Å². The van der Waals surface area contributed by atoms with Crippen molar-refractivity contribution in [2.45, 2.75) is 19.0 Å². The van der Waals surface area contributed by atoms with Crippen LogP contribution in [-0.2, 0) is 11.3 Å². The third-order valence-corrected chi connectivity index (χ3v) is 5.02. The largest absolute Gasteiger partial charge is 0.378 e. The van der Waals surface area contributed by atoms with Gasteiger partial charge in [0.25, 0.3) is 0 Å². The topological polar surface area (TPSA) is 77.3 Å². The Hall–Kier alpha value is -2.69. The Bertz CT molecular complexity index is 814. The van der Waals surface area contributed by atoms with E-state index in [0.717, 1.165) is 69.7 Å². The molecule has 1 aromatic carbocycles. The van der Waals surface area contributed by atoms with Gasteiger partial charge >= 0.3 is 0 Å². The van der Waals surface area contributed by atoms with Gasteiger partial charge in [0.15, 0.2) is 0 Å². The Balaban J connectivity index is 1.33. The van der Waals surface area contributed by atoms with Gasteiger partial charge in [0, 0.05) is 45.0 Å². The minimum atomic E-state index is 0.372. The van der Waals surface area contributed by atoms with Crippen LogP contribution in [0.25, 0.3) is 0 Å². The van der Waals surface area contributed by atoms with Crippen molar-refractivity contribution >= 4 is 11.8 Å². The molecule has 0 spiro atoms. The van der Waals surface area contributed by atoms with Crippen molar-refractivity contribution in [3.63, 3.8) is 0 Å². The van der Waals surface area contributed by atoms with Gasteiger partial charge in [0.2, 0.25) is 5.95 Å². The van der Waals surface area contributed by atoms with Gasteiger partial charge < -0.3 is 15.0 Å². The number of morpholine rings is 1. The highest BCUT2D eigenvalue weighted by molar-refractivity contribution is 5.42. The summed E-state index contributed by atoms with van der Waals surface area (Å²) >= 11 is 0. The van der Waals surface area contributed by atoms with E-state index in [9.17, 15) is 0 Å². The Kier molecular flexibility index (Phi) is 5.47. The maximum absolute atomic E-state index is 9.05. The minimum absolute atomic E-state index is 0.372. The molecule has 27 heavy (non-hydrogen) atoms. The maximum Gasteiger partial charge on any atom is 0.227 e. The minimum Gasteiger partial charge on any atom is -0.378 e. The molecule has 2 aliphatic heterocycles. The summed E-state index contributed by atoms with van der Waals surface area (Å²) in [6, 6.07) is 12.4. The number of rotatable bonds is 5. The predicted molar refractivity (Wildman–Crippen MR) is 104 cm³/mol. The standard InChI is InChI=1S/C20H24N6O/c21-13-16-2-1-3-17(12-16)14-25-7-5-18(15-25)23-19-4-6-22-20(24-19)26-8-10-27-11-9-26/h1-4,6,12,18H,5,7-11,14-15H2,(H,22,23,24). The van der Waals surface area contributed by atoms with Crippen LogP contribution in [-0.4, -0.2) is 60.3 Å². The predicted octanol–water partition coefficient (Wildman–Crippen LogP) is 1.87. The van der Waals surface area contributed by atoms with Crippen molar-refractivity contribution in [3.05, 3.63) is 47.7 Å². The van der Waals surface area contributed by atoms with Crippen LogP contribution in [0, 0.1) is 11.3 Å². The average Bonchev–Trinajstić information content (AvgIpc) is 3.15. The van der Waals surface area contributed by atoms with Crippen molar-refractivity contribution in [2.75, 3.05) is 49.6 Å². The van der Waals surface area contributed by atoms with E-state index in [-0.39, 0.29) is 0 Å². The monoisotopic (exact) mass is 364 g/mol. The van der Waals surface area contributed by atoms with Crippen molar-refractivity contribution in [1.29, 1.82) is 5.26 Å². The van der Waals surface area contributed by atoms with E-state index in [1.165, 1.54) is 5.56 Å². The third-order valence-electron chi connectivity index (χ3n) is 5.02. The number of nitrogens with zero attached hydrogens (tertiary/aromatic N) is 5. The van der Waals surface area contributed by atoms with E-state index in [1.807, 2.05) is 30.5 Å². The first-order valence-electron chi connectivity index (χ1n) is 9.44. The molecule has 140 valence electrons. The molecule has 1 atom stereocenters. The molecule has 0 aliphatic carbocycles. The zero-order chi connectivity index (χ0) is 18.5. The lowest BCUT2D eigenvalue weighted by molar-refractivity contribution is 0.122. The second kappa shape index (κ2) is 8.33. The summed E-state index contributed by atoms with van der Waals surface area (Å²) in [5.41, 5.74) is 1.91. The van der Waals surface area contributed by atoms with Gasteiger partial charge in [-0.25, -0.2) is 4.98 Å². The van der Waals surface area contributed by atoms with Crippen molar-refractivity contribution < 1.29 is 4.74 Å². The summed E-state index contributed by atoms with van der Waals surface area (Å²) in [5, 5.41) is 12.6. The molecule has 4 rings (SSSR count). The number of ether oxygens (including phenoxy) is 1. The van der Waals surface area contributed by atoms with Crippen molar-refractivity contribution in [2.24, 2.45) is 0 Å². The lowest BCUT2D eigenvalue weighted by atomic mass is 10.1. The van der Waals surface area contributed by atoms with Crippen LogP contribution in [0.2, 0.25) is 0 Å². The highest BCUT2D eigenvalue weighted by atomic mass is 16.5. The Morgan fingerprint density at radius 3 is 2.96 bits per heavy atom. The van der Waals surface area contributed by atoms with Gasteiger partial charge in [-0.3, -0.25) is 4.90 Å². The van der Waals surface area contributed by atoms with E-state index in [4.69, 9.17) is 10.00 Å². The molecule has 2 fully saturated rings. The number of hydrogen-bond acceptors (Lipinski definition) is 7. The van der Waals surface area contributed by atoms with Crippen LogP contribution in [0.5, 0.6) is 0 Å². The second-order valence-electron chi connectivity index (χ2n) is 7.02. The lowest BCUT2D eigenvalue weighted by Crippen LogP contribution is -2.37. The molecule has 7 nitrogen and oxygen atoms in total. The average molecular weight is 364 g/mol. The van der Waals surface area contributed by atoms with Crippen LogP contribution < -0.4 is 10.2 Å². The summed E-state index contributed by atoms with van der Waals surface area (Å²) in [6.07, 6.45) is 2.90. The fraction of sp³-hybridized carbons (Fsp3) is 0.450. The molecule has 2 aromatic rings. The molecule has 1 N–H and O–H groups in total. The van der Waals surface area contributed by atoms with E-state index in [0.29, 0.717) is 6.04 Å². The number of nitriles is 1. The molecule has 3 heterocycles. The number of nitrogens with one attached hydrogen (secondary N) is 1. The fourth-order valence-electron chi connectivity index (χ4n) is 3.65. The summed E-state index contributed by atoms with van der Waals surface area (Å²) in [7, 11) is 0. The molecule has 1 unspecified atom stereocenters. The number of likely N-dealkylation sites (tertiary alicyclic amines) is 1. The zero-order valence-corrected chi connectivity index (χ0v) is 15.3. The smallest absolute Gasteiger partial charge is 0.227 e. The van der Waals surface area contributed by atoms with Crippen LogP contribution in [0.1, 0.15) is 17.5 Å². The molecule has 7 heteroatoms. The molecular formula is C20H24N6O. The SMILES string of the molecule is N#Cc1cccc(CN2CCC(Nc3ccnc(N4CCOCC4)n3)C2)c1. The molecule has 0 radical (unpaired) electrons. The zero-order valence-electron chi connectivity index (χ0n) is 15.3. The first-order valence-corrected chi connectivity index (χ1v) is 9.44. The van der Waals surface area contributed by atoms with Gasteiger partial charge in [-0.1, -0.05) is 12.1 Å². The second-order valence-corrected chi connectivity index (χ2v) is 7.02. The molecule has 1 aromatic heterocycles. The van der Waals surface area contributed by atoms with Gasteiger partial charge in [-0.05, 0) is 30.2 Å². The molecule has 2 aliphatic rings. The molecule has 0 bridgehead atoms. The third kappa shape index (κ3) is 4.54. The lowest BCUT2D eigenvalue weighted by Gasteiger charge is -2.27. The van der Waals surface area contributed by atoms with Gasteiger partial charge in [-0.2, -0.15) is 10.2 Å². The van der Waals surface area contributed by atoms with Crippen LogP contribution >= 0.6 is 0 Å². The molecule has 0 amide bonds. The van der Waals surface area contributed by atoms with E-state index >= 15 is 0 Å². The molecular weight excluding hydrogens is 340 g/mol. The Labute approximate surface area is 159 Å². The van der Waals surface area contributed by atoms with Crippen molar-refractivity contribution in [1.82, 2.24) is 14.9 Å². The first kappa shape index (κ1) is 17.7. The number of aromatic nitrogens is 2. The maximum atomic E-state index is 9.05. The van der Waals surface area contributed by atoms with Gasteiger partial charge in [0.1, 0.15) is 5.82 Å². The first-order chi connectivity index (χ1) is 13.3. The Morgan fingerprint density at radius 1 is 1.22 bits per heavy atom. The van der Waals surface area contributed by atoms with Crippen molar-refractivity contribution in [3.8, 4) is 6.07 Å². The van der Waals surface area contributed by atoms with E-state index in [1.54, 1.807) is 0 Å². The molecule has 0 saturated carbocycles. The summed E-state index contributed by atoms with van der Waals surface area (Å²) < 4.78 is 5.40. The summed E-state index contributed by atoms with van der Waals surface area (Å²) in [4.78, 5) is 13.7.